The van der Waals surface area contributed by atoms with Gasteiger partial charge in [-0.05, 0) is 29.6 Å². The fourth-order valence-electron chi connectivity index (χ4n) is 1.25. The maximum absolute atomic E-state index is 11.4. The van der Waals surface area contributed by atoms with Crippen LogP contribution in [0.25, 0.3) is 10.4 Å². The molecular weight excluding hydrogens is 240 g/mol. The second kappa shape index (κ2) is 7.54. The van der Waals surface area contributed by atoms with Crippen LogP contribution < -0.4 is 5.32 Å². The van der Waals surface area contributed by atoms with Crippen molar-refractivity contribution in [2.75, 3.05) is 6.54 Å². The van der Waals surface area contributed by atoms with Crippen LogP contribution in [-0.2, 0) is 11.3 Å². The summed E-state index contributed by atoms with van der Waals surface area (Å²) in [5.74, 6) is -0.0481. The molecule has 90 valence electrons. The van der Waals surface area contributed by atoms with Crippen LogP contribution in [0.1, 0.15) is 18.4 Å². The van der Waals surface area contributed by atoms with Crippen molar-refractivity contribution in [3.05, 3.63) is 45.3 Å². The molecule has 0 aromatic heterocycles. The second-order valence-electron chi connectivity index (χ2n) is 3.46. The molecule has 0 bridgehead atoms. The lowest BCUT2D eigenvalue weighted by molar-refractivity contribution is -0.121. The number of carbonyl (C=O) groups excluding carboxylic acids is 1. The molecule has 0 unspecified atom stereocenters. The van der Waals surface area contributed by atoms with E-state index >= 15 is 0 Å². The summed E-state index contributed by atoms with van der Waals surface area (Å²) in [6, 6.07) is 7.29. The number of rotatable bonds is 6. The maximum atomic E-state index is 11.4. The average molecular weight is 253 g/mol. The molecule has 0 saturated heterocycles. The van der Waals surface area contributed by atoms with Crippen molar-refractivity contribution in [1.82, 2.24) is 5.32 Å². The van der Waals surface area contributed by atoms with E-state index in [1.807, 2.05) is 12.1 Å². The van der Waals surface area contributed by atoms with Crippen LogP contribution in [0.3, 0.4) is 0 Å². The Morgan fingerprint density at radius 1 is 1.41 bits per heavy atom. The van der Waals surface area contributed by atoms with Gasteiger partial charge in [0, 0.05) is 29.4 Å². The van der Waals surface area contributed by atoms with E-state index in [-0.39, 0.29) is 5.91 Å². The van der Waals surface area contributed by atoms with Crippen molar-refractivity contribution in [2.24, 2.45) is 5.11 Å². The first-order valence-corrected chi connectivity index (χ1v) is 5.62. The van der Waals surface area contributed by atoms with Gasteiger partial charge in [0.25, 0.3) is 0 Å². The average Bonchev–Trinajstić information content (AvgIpc) is 2.34. The largest absolute Gasteiger partial charge is 0.352 e. The molecule has 6 heteroatoms. The summed E-state index contributed by atoms with van der Waals surface area (Å²) < 4.78 is 0. The number of hydrogen-bond acceptors (Lipinski definition) is 2. The van der Waals surface area contributed by atoms with Crippen molar-refractivity contribution < 1.29 is 4.79 Å². The molecule has 1 aromatic carbocycles. The zero-order valence-corrected chi connectivity index (χ0v) is 10.0. The fraction of sp³-hybridized carbons (Fsp3) is 0.364. The summed E-state index contributed by atoms with van der Waals surface area (Å²) in [4.78, 5) is 14.0. The molecule has 0 aliphatic heterocycles. The number of halogens is 1. The van der Waals surface area contributed by atoms with Gasteiger partial charge in [-0.1, -0.05) is 28.8 Å². The number of benzene rings is 1. The van der Waals surface area contributed by atoms with Gasteiger partial charge in [0.2, 0.25) is 5.91 Å². The molecule has 0 saturated carbocycles. The van der Waals surface area contributed by atoms with Crippen molar-refractivity contribution in [3.8, 4) is 0 Å². The van der Waals surface area contributed by atoms with Crippen LogP contribution in [0.2, 0.25) is 5.02 Å². The Bertz CT molecular complexity index is 412. The summed E-state index contributed by atoms with van der Waals surface area (Å²) in [5.41, 5.74) is 9.05. The Labute approximate surface area is 104 Å². The maximum Gasteiger partial charge on any atom is 0.220 e. The van der Waals surface area contributed by atoms with E-state index in [2.05, 4.69) is 15.3 Å². The van der Waals surface area contributed by atoms with Gasteiger partial charge in [-0.2, -0.15) is 0 Å². The fourth-order valence-corrected chi connectivity index (χ4v) is 1.37. The molecule has 1 amide bonds. The quantitative estimate of drug-likeness (QED) is 0.359. The lowest BCUT2D eigenvalue weighted by atomic mass is 10.2. The Kier molecular flexibility index (Phi) is 5.93. The van der Waals surface area contributed by atoms with Crippen LogP contribution in [0.15, 0.2) is 29.4 Å². The summed E-state index contributed by atoms with van der Waals surface area (Å²) in [6.45, 7) is 0.836. The molecule has 5 nitrogen and oxygen atoms in total. The highest BCUT2D eigenvalue weighted by molar-refractivity contribution is 6.30. The van der Waals surface area contributed by atoms with Crippen molar-refractivity contribution >= 4 is 17.5 Å². The number of nitrogens with one attached hydrogen (secondary N) is 1. The summed E-state index contributed by atoms with van der Waals surface area (Å²) in [6.07, 6.45) is 0.934. The van der Waals surface area contributed by atoms with E-state index in [1.54, 1.807) is 12.1 Å². The number of azide groups is 1. The minimum Gasteiger partial charge on any atom is -0.352 e. The van der Waals surface area contributed by atoms with E-state index in [9.17, 15) is 4.79 Å². The molecule has 0 spiro atoms. The Balaban J connectivity index is 2.23. The molecule has 0 aliphatic rings. The van der Waals surface area contributed by atoms with E-state index < -0.39 is 0 Å². The Morgan fingerprint density at radius 2 is 2.12 bits per heavy atom. The standard InChI is InChI=1S/C11H13ClN4O/c12-10-5-3-9(4-6-10)8-14-11(17)2-1-7-15-16-13/h3-6H,1-2,7-8H2,(H,14,17). The third-order valence-corrected chi connectivity index (χ3v) is 2.38. The molecule has 0 aliphatic carbocycles. The first-order valence-electron chi connectivity index (χ1n) is 5.24. The van der Waals surface area contributed by atoms with E-state index in [1.165, 1.54) is 0 Å². The minimum absolute atomic E-state index is 0.0481. The van der Waals surface area contributed by atoms with E-state index in [0.29, 0.717) is 31.0 Å². The van der Waals surface area contributed by atoms with E-state index in [4.69, 9.17) is 17.1 Å². The van der Waals surface area contributed by atoms with Crippen LogP contribution in [0, 0.1) is 0 Å². The molecule has 0 fully saturated rings. The summed E-state index contributed by atoms with van der Waals surface area (Å²) in [5, 5.41) is 6.81. The van der Waals surface area contributed by atoms with Gasteiger partial charge in [-0.3, -0.25) is 4.79 Å². The molecule has 0 atom stereocenters. The van der Waals surface area contributed by atoms with Gasteiger partial charge in [-0.15, -0.1) is 0 Å². The topological polar surface area (TPSA) is 77.9 Å². The molecule has 1 N–H and O–H groups in total. The highest BCUT2D eigenvalue weighted by Crippen LogP contribution is 2.09. The smallest absolute Gasteiger partial charge is 0.220 e. The van der Waals surface area contributed by atoms with Gasteiger partial charge in [0.1, 0.15) is 0 Å². The molecule has 1 aromatic rings. The highest BCUT2D eigenvalue weighted by atomic mass is 35.5. The zero-order valence-electron chi connectivity index (χ0n) is 9.27. The number of hydrogen-bond donors (Lipinski definition) is 1. The Hall–Kier alpha value is -1.71. The minimum atomic E-state index is -0.0481. The van der Waals surface area contributed by atoms with Crippen LogP contribution in [0.5, 0.6) is 0 Å². The number of amides is 1. The SMILES string of the molecule is [N-]=[N+]=NCCCC(=O)NCc1ccc(Cl)cc1. The monoisotopic (exact) mass is 252 g/mol. The molecule has 17 heavy (non-hydrogen) atoms. The van der Waals surface area contributed by atoms with Crippen LogP contribution >= 0.6 is 11.6 Å². The van der Waals surface area contributed by atoms with Crippen molar-refractivity contribution in [2.45, 2.75) is 19.4 Å². The Morgan fingerprint density at radius 3 is 2.76 bits per heavy atom. The molecule has 0 heterocycles. The van der Waals surface area contributed by atoms with Crippen LogP contribution in [0.4, 0.5) is 0 Å². The third-order valence-electron chi connectivity index (χ3n) is 2.13. The third kappa shape index (κ3) is 5.80. The molecule has 1 rings (SSSR count). The van der Waals surface area contributed by atoms with Crippen molar-refractivity contribution in [3.63, 3.8) is 0 Å². The lowest BCUT2D eigenvalue weighted by Crippen LogP contribution is -2.22. The van der Waals surface area contributed by atoms with E-state index in [0.717, 1.165) is 5.56 Å². The molecular formula is C11H13ClN4O. The van der Waals surface area contributed by atoms with Gasteiger partial charge in [0.05, 0.1) is 0 Å². The predicted octanol–water partition coefficient (Wildman–Crippen LogP) is 3.05. The molecule has 0 radical (unpaired) electrons. The number of nitrogens with zero attached hydrogens (tertiary/aromatic N) is 3. The first-order chi connectivity index (χ1) is 8.22. The van der Waals surface area contributed by atoms with Gasteiger partial charge >= 0.3 is 0 Å². The predicted molar refractivity (Wildman–Crippen MR) is 66.5 cm³/mol. The number of carbonyl (C=O) groups is 1. The van der Waals surface area contributed by atoms with Crippen LogP contribution in [-0.4, -0.2) is 12.5 Å². The highest BCUT2D eigenvalue weighted by Gasteiger charge is 2.00. The normalized spacial score (nSPS) is 9.47. The van der Waals surface area contributed by atoms with Crippen molar-refractivity contribution in [1.29, 1.82) is 0 Å². The first kappa shape index (κ1) is 13.4. The summed E-state index contributed by atoms with van der Waals surface area (Å²) >= 11 is 5.75. The summed E-state index contributed by atoms with van der Waals surface area (Å²) in [7, 11) is 0. The van der Waals surface area contributed by atoms with Gasteiger partial charge in [0.15, 0.2) is 0 Å². The lowest BCUT2D eigenvalue weighted by Gasteiger charge is -2.04. The van der Waals surface area contributed by atoms with Gasteiger partial charge in [-0.25, -0.2) is 0 Å². The van der Waals surface area contributed by atoms with Gasteiger partial charge < -0.3 is 5.32 Å². The second-order valence-corrected chi connectivity index (χ2v) is 3.90. The zero-order chi connectivity index (χ0) is 12.5.